The van der Waals surface area contributed by atoms with Crippen molar-refractivity contribution in [2.75, 3.05) is 31.4 Å². The Morgan fingerprint density at radius 3 is 2.67 bits per heavy atom. The van der Waals surface area contributed by atoms with Crippen LogP contribution >= 0.6 is 0 Å². The van der Waals surface area contributed by atoms with Crippen LogP contribution in [0, 0.1) is 0 Å². The second-order valence-electron chi connectivity index (χ2n) is 4.15. The van der Waals surface area contributed by atoms with Crippen LogP contribution in [-0.4, -0.2) is 26.1 Å². The maximum atomic E-state index is 5.78. The molecule has 0 bridgehead atoms. The number of rotatable bonds is 4. The van der Waals surface area contributed by atoms with E-state index >= 15 is 0 Å². The van der Waals surface area contributed by atoms with Crippen LogP contribution in [0.4, 0.5) is 11.4 Å². The Bertz CT molecular complexity index is 526. The number of ether oxygens (including phenoxy) is 1. The van der Waals surface area contributed by atoms with Crippen molar-refractivity contribution in [1.82, 2.24) is 4.98 Å². The van der Waals surface area contributed by atoms with E-state index in [0.717, 1.165) is 22.9 Å². The Morgan fingerprint density at radius 1 is 1.11 bits per heavy atom. The molecule has 4 nitrogen and oxygen atoms in total. The first-order chi connectivity index (χ1) is 8.69. The molecule has 2 rings (SSSR count). The summed E-state index contributed by atoms with van der Waals surface area (Å²) >= 11 is 0. The number of benzene rings is 1. The summed E-state index contributed by atoms with van der Waals surface area (Å²) in [6.07, 6.45) is 3.45. The van der Waals surface area contributed by atoms with Crippen molar-refractivity contribution in [2.24, 2.45) is 0 Å². The van der Waals surface area contributed by atoms with Gasteiger partial charge in [-0.15, -0.1) is 0 Å². The van der Waals surface area contributed by atoms with Crippen LogP contribution in [0.15, 0.2) is 42.7 Å². The number of nitrogens with zero attached hydrogens (tertiary/aromatic N) is 2. The molecule has 0 saturated carbocycles. The summed E-state index contributed by atoms with van der Waals surface area (Å²) in [5.41, 5.74) is 2.03. The number of hydrogen-bond acceptors (Lipinski definition) is 4. The molecule has 0 aliphatic heterocycles. The predicted octanol–water partition coefficient (Wildman–Crippen LogP) is 2.98. The molecule has 1 N–H and O–H groups in total. The van der Waals surface area contributed by atoms with Gasteiger partial charge in [-0.2, -0.15) is 0 Å². The van der Waals surface area contributed by atoms with Crippen LogP contribution in [0.1, 0.15) is 0 Å². The smallest absolute Gasteiger partial charge is 0.147 e. The molecule has 1 heterocycles. The number of hydrogen-bond donors (Lipinski definition) is 1. The summed E-state index contributed by atoms with van der Waals surface area (Å²) in [6.45, 7) is 0. The molecule has 1 aromatic heterocycles. The van der Waals surface area contributed by atoms with E-state index in [1.54, 1.807) is 12.4 Å². The lowest BCUT2D eigenvalue weighted by Gasteiger charge is -2.14. The molecule has 0 atom stereocenters. The van der Waals surface area contributed by atoms with Crippen LogP contribution in [-0.2, 0) is 0 Å². The van der Waals surface area contributed by atoms with Crippen molar-refractivity contribution in [2.45, 2.75) is 0 Å². The number of aromatic nitrogens is 1. The van der Waals surface area contributed by atoms with Crippen LogP contribution in [0.2, 0.25) is 0 Å². The number of nitrogens with one attached hydrogen (secondary N) is 1. The zero-order valence-corrected chi connectivity index (χ0v) is 10.8. The lowest BCUT2D eigenvalue weighted by molar-refractivity contribution is 0.480. The molecule has 0 aliphatic rings. The average molecular weight is 243 g/mol. The van der Waals surface area contributed by atoms with Crippen molar-refractivity contribution in [3.05, 3.63) is 42.7 Å². The third-order valence-electron chi connectivity index (χ3n) is 2.57. The van der Waals surface area contributed by atoms with Gasteiger partial charge in [0.15, 0.2) is 0 Å². The summed E-state index contributed by atoms with van der Waals surface area (Å²) < 4.78 is 5.78. The minimum Gasteiger partial charge on any atom is -0.456 e. The fourth-order valence-corrected chi connectivity index (χ4v) is 1.57. The first-order valence-electron chi connectivity index (χ1n) is 5.77. The highest BCUT2D eigenvalue weighted by molar-refractivity contribution is 5.51. The highest BCUT2D eigenvalue weighted by Crippen LogP contribution is 2.25. The number of anilines is 2. The molecule has 0 radical (unpaired) electrons. The van der Waals surface area contributed by atoms with Crippen molar-refractivity contribution < 1.29 is 4.74 Å². The zero-order chi connectivity index (χ0) is 13.0. The summed E-state index contributed by atoms with van der Waals surface area (Å²) in [7, 11) is 5.86. The predicted molar refractivity (Wildman–Crippen MR) is 74.6 cm³/mol. The minimum absolute atomic E-state index is 0.720. The van der Waals surface area contributed by atoms with Gasteiger partial charge in [-0.25, -0.2) is 0 Å². The van der Waals surface area contributed by atoms with Gasteiger partial charge >= 0.3 is 0 Å². The van der Waals surface area contributed by atoms with Crippen molar-refractivity contribution in [3.63, 3.8) is 0 Å². The summed E-state index contributed by atoms with van der Waals surface area (Å²) in [5, 5.41) is 3.03. The molecule has 0 amide bonds. The average Bonchev–Trinajstić information content (AvgIpc) is 2.39. The van der Waals surface area contributed by atoms with Crippen molar-refractivity contribution in [1.29, 1.82) is 0 Å². The van der Waals surface area contributed by atoms with Gasteiger partial charge in [0.2, 0.25) is 0 Å². The van der Waals surface area contributed by atoms with Crippen LogP contribution < -0.4 is 15.0 Å². The molecule has 0 aliphatic carbocycles. The Hall–Kier alpha value is -2.23. The van der Waals surface area contributed by atoms with E-state index in [9.17, 15) is 0 Å². The van der Waals surface area contributed by atoms with Gasteiger partial charge in [0, 0.05) is 39.0 Å². The first-order valence-corrected chi connectivity index (χ1v) is 5.77. The van der Waals surface area contributed by atoms with E-state index < -0.39 is 0 Å². The molecular formula is C14H17N3O. The standard InChI is InChI=1S/C14H17N3O/c1-15-11-7-14(10-16-9-11)18-13-6-4-5-12(8-13)17(2)3/h4-10,15H,1-3H3. The molecule has 2 aromatic rings. The molecule has 94 valence electrons. The summed E-state index contributed by atoms with van der Waals surface area (Å²) in [6, 6.07) is 9.84. The van der Waals surface area contributed by atoms with E-state index in [-0.39, 0.29) is 0 Å². The van der Waals surface area contributed by atoms with E-state index in [0.29, 0.717) is 0 Å². The van der Waals surface area contributed by atoms with E-state index in [2.05, 4.69) is 10.3 Å². The maximum absolute atomic E-state index is 5.78. The summed E-state index contributed by atoms with van der Waals surface area (Å²) in [5.74, 6) is 1.52. The van der Waals surface area contributed by atoms with Gasteiger partial charge in [0.25, 0.3) is 0 Å². The second kappa shape index (κ2) is 5.40. The summed E-state index contributed by atoms with van der Waals surface area (Å²) in [4.78, 5) is 6.15. The molecular weight excluding hydrogens is 226 g/mol. The normalized spacial score (nSPS) is 9.94. The SMILES string of the molecule is CNc1cncc(Oc2cccc(N(C)C)c2)c1. The quantitative estimate of drug-likeness (QED) is 0.895. The molecule has 0 fully saturated rings. The third kappa shape index (κ3) is 2.91. The molecule has 18 heavy (non-hydrogen) atoms. The minimum atomic E-state index is 0.720. The Morgan fingerprint density at radius 2 is 1.94 bits per heavy atom. The van der Waals surface area contributed by atoms with Gasteiger partial charge in [-0.05, 0) is 12.1 Å². The Balaban J connectivity index is 2.20. The fraction of sp³-hybridized carbons (Fsp3) is 0.214. The van der Waals surface area contributed by atoms with E-state index in [1.807, 2.05) is 56.4 Å². The van der Waals surface area contributed by atoms with Crippen LogP contribution in [0.3, 0.4) is 0 Å². The zero-order valence-electron chi connectivity index (χ0n) is 10.8. The lowest BCUT2D eigenvalue weighted by atomic mass is 10.3. The molecule has 0 unspecified atom stereocenters. The molecule has 1 aromatic carbocycles. The van der Waals surface area contributed by atoms with Crippen molar-refractivity contribution >= 4 is 11.4 Å². The first kappa shape index (κ1) is 12.2. The Labute approximate surface area is 107 Å². The van der Waals surface area contributed by atoms with Crippen LogP contribution in [0.25, 0.3) is 0 Å². The second-order valence-corrected chi connectivity index (χ2v) is 4.15. The van der Waals surface area contributed by atoms with E-state index in [4.69, 9.17) is 4.74 Å². The van der Waals surface area contributed by atoms with Gasteiger partial charge in [0.05, 0.1) is 18.1 Å². The topological polar surface area (TPSA) is 37.4 Å². The van der Waals surface area contributed by atoms with E-state index in [1.165, 1.54) is 0 Å². The third-order valence-corrected chi connectivity index (χ3v) is 2.57. The largest absolute Gasteiger partial charge is 0.456 e. The van der Waals surface area contributed by atoms with Gasteiger partial charge < -0.3 is 15.0 Å². The van der Waals surface area contributed by atoms with Gasteiger partial charge in [-0.3, -0.25) is 4.98 Å². The highest BCUT2D eigenvalue weighted by Gasteiger charge is 2.01. The lowest BCUT2D eigenvalue weighted by Crippen LogP contribution is -2.08. The highest BCUT2D eigenvalue weighted by atomic mass is 16.5. The Kier molecular flexibility index (Phi) is 3.67. The van der Waals surface area contributed by atoms with Gasteiger partial charge in [-0.1, -0.05) is 6.07 Å². The monoisotopic (exact) mass is 243 g/mol. The molecule has 0 saturated heterocycles. The van der Waals surface area contributed by atoms with Crippen LogP contribution in [0.5, 0.6) is 11.5 Å². The van der Waals surface area contributed by atoms with Gasteiger partial charge in [0.1, 0.15) is 11.5 Å². The maximum Gasteiger partial charge on any atom is 0.147 e. The number of pyridine rings is 1. The van der Waals surface area contributed by atoms with Crippen molar-refractivity contribution in [3.8, 4) is 11.5 Å². The fourth-order valence-electron chi connectivity index (χ4n) is 1.57. The molecule has 4 heteroatoms. The molecule has 0 spiro atoms.